The minimum Gasteiger partial charge on any atom is -0.497 e. The van der Waals surface area contributed by atoms with Gasteiger partial charge < -0.3 is 28.4 Å². The number of carbonyl (C=O) groups excluding carboxylic acids is 14. The van der Waals surface area contributed by atoms with Crippen LogP contribution in [0.15, 0.2) is 146 Å². The van der Waals surface area contributed by atoms with Crippen LogP contribution in [0.3, 0.4) is 0 Å². The van der Waals surface area contributed by atoms with Crippen molar-refractivity contribution >= 4 is 81.0 Å². The molecule has 0 spiro atoms. The summed E-state index contributed by atoms with van der Waals surface area (Å²) in [6, 6.07) is 35.8. The number of ether oxygens (including phenoxy) is 6. The van der Waals surface area contributed by atoms with Crippen LogP contribution in [0.2, 0.25) is 0 Å². The van der Waals surface area contributed by atoms with Gasteiger partial charge in [0.05, 0.1) is 40.6 Å². The molecule has 0 unspecified atom stereocenters. The Bertz CT molecular complexity index is 3380. The van der Waals surface area contributed by atoms with Crippen LogP contribution in [0.25, 0.3) is 0 Å². The first-order valence-corrected chi connectivity index (χ1v) is 29.9. The number of carbonyl (C=O) groups is 14. The van der Waals surface area contributed by atoms with Crippen LogP contribution in [-0.4, -0.2) is 122 Å². The zero-order valence-electron chi connectivity index (χ0n) is 51.2. The van der Waals surface area contributed by atoms with Crippen LogP contribution in [0.5, 0.6) is 34.5 Å². The zero-order valence-corrected chi connectivity index (χ0v) is 51.2. The summed E-state index contributed by atoms with van der Waals surface area (Å²) in [6.07, 6.45) is -0.497. The third-order valence-electron chi connectivity index (χ3n) is 14.5. The molecule has 0 saturated carbocycles. The molecule has 0 radical (unpaired) electrons. The van der Waals surface area contributed by atoms with Crippen molar-refractivity contribution in [3.05, 3.63) is 179 Å². The van der Waals surface area contributed by atoms with Crippen molar-refractivity contribution in [2.24, 2.45) is 0 Å². The van der Waals surface area contributed by atoms with Gasteiger partial charge in [-0.2, -0.15) is 0 Å². The summed E-state index contributed by atoms with van der Waals surface area (Å²) < 4.78 is 32.6. The van der Waals surface area contributed by atoms with Crippen molar-refractivity contribution in [1.29, 1.82) is 0 Å². The fourth-order valence-electron chi connectivity index (χ4n) is 8.89. The highest BCUT2D eigenvalue weighted by Crippen LogP contribution is 2.22. The maximum absolute atomic E-state index is 13.0. The lowest BCUT2D eigenvalue weighted by Crippen LogP contribution is -2.14. The van der Waals surface area contributed by atoms with E-state index in [1.165, 1.54) is 136 Å². The lowest BCUT2D eigenvalue weighted by Gasteiger charge is -2.08. The Morgan fingerprint density at radius 1 is 0.196 bits per heavy atom. The highest BCUT2D eigenvalue weighted by atomic mass is 16.5. The summed E-state index contributed by atoms with van der Waals surface area (Å²) in [6.45, 7) is 0.0452. The van der Waals surface area contributed by atoms with Crippen LogP contribution in [-0.2, 0) is 38.4 Å². The van der Waals surface area contributed by atoms with E-state index in [-0.39, 0.29) is 209 Å². The molecule has 478 valence electrons. The van der Waals surface area contributed by atoms with E-state index in [9.17, 15) is 67.1 Å². The van der Waals surface area contributed by atoms with Crippen LogP contribution in [0.1, 0.15) is 165 Å². The van der Waals surface area contributed by atoms with Gasteiger partial charge in [-0.15, -0.1) is 0 Å². The van der Waals surface area contributed by atoms with Crippen LogP contribution in [0, 0.1) is 0 Å². The van der Waals surface area contributed by atoms with Crippen LogP contribution >= 0.6 is 0 Å². The molecule has 0 saturated heterocycles. The van der Waals surface area contributed by atoms with E-state index in [1.807, 2.05) is 0 Å². The predicted octanol–water partition coefficient (Wildman–Crippen LogP) is 10.6. The van der Waals surface area contributed by atoms with Gasteiger partial charge >= 0.3 is 0 Å². The first-order chi connectivity index (χ1) is 44.3. The van der Waals surface area contributed by atoms with Gasteiger partial charge in [-0.1, -0.05) is 0 Å². The van der Waals surface area contributed by atoms with Crippen molar-refractivity contribution in [2.45, 2.75) is 103 Å². The summed E-state index contributed by atoms with van der Waals surface area (Å²) in [7, 11) is 2.99. The van der Waals surface area contributed by atoms with E-state index in [1.54, 1.807) is 24.3 Å². The molecule has 0 aromatic heterocycles. The highest BCUT2D eigenvalue weighted by molar-refractivity contribution is 6.50. The van der Waals surface area contributed by atoms with Crippen LogP contribution < -0.4 is 28.4 Å². The molecular weight excluding hydrogens is 1180 g/mol. The zero-order chi connectivity index (χ0) is 66.4. The number of rotatable bonds is 45. The average Bonchev–Trinajstić information content (AvgIpc) is 1.05. The molecule has 0 N–H and O–H groups in total. The smallest absolute Gasteiger partial charge is 0.233 e. The molecule has 0 aliphatic heterocycles. The molecule has 6 rings (SSSR count). The average molecular weight is 1260 g/mol. The van der Waals surface area contributed by atoms with E-state index in [0.29, 0.717) is 34.5 Å². The first-order valence-electron chi connectivity index (χ1n) is 29.9. The summed E-state index contributed by atoms with van der Waals surface area (Å²) in [4.78, 5) is 176. The van der Waals surface area contributed by atoms with Crippen molar-refractivity contribution in [3.8, 4) is 34.5 Å². The van der Waals surface area contributed by atoms with E-state index < -0.39 is 34.7 Å². The molecule has 0 atom stereocenters. The van der Waals surface area contributed by atoms with Gasteiger partial charge in [0.1, 0.15) is 80.8 Å². The minimum atomic E-state index is -0.778. The molecule has 0 amide bonds. The Morgan fingerprint density at radius 2 is 0.326 bits per heavy atom. The molecule has 20 nitrogen and oxygen atoms in total. The lowest BCUT2D eigenvalue weighted by molar-refractivity contribution is -0.127. The van der Waals surface area contributed by atoms with Gasteiger partial charge in [-0.05, 0) is 146 Å². The maximum Gasteiger partial charge on any atom is 0.233 e. The largest absolute Gasteiger partial charge is 0.497 e. The third-order valence-corrected chi connectivity index (χ3v) is 14.5. The van der Waals surface area contributed by atoms with Gasteiger partial charge in [-0.25, -0.2) is 0 Å². The van der Waals surface area contributed by atoms with Crippen molar-refractivity contribution in [2.75, 3.05) is 40.6 Å². The second-order valence-electron chi connectivity index (χ2n) is 21.2. The van der Waals surface area contributed by atoms with E-state index >= 15 is 0 Å². The quantitative estimate of drug-likeness (QED) is 0.0253. The lowest BCUT2D eigenvalue weighted by atomic mass is 10.0. The van der Waals surface area contributed by atoms with Crippen LogP contribution in [0.4, 0.5) is 0 Å². The third kappa shape index (κ3) is 23.8. The Kier molecular flexibility index (Phi) is 28.3. The van der Waals surface area contributed by atoms with E-state index in [0.717, 1.165) is 0 Å². The summed E-state index contributed by atoms with van der Waals surface area (Å²) in [5.74, 6) is -3.65. The topological polar surface area (TPSA) is 294 Å². The molecule has 6 aromatic carbocycles. The summed E-state index contributed by atoms with van der Waals surface area (Å²) in [5.41, 5.74) is 1.00. The second-order valence-corrected chi connectivity index (χ2v) is 21.2. The molecule has 0 fully saturated rings. The normalized spacial score (nSPS) is 10.7. The minimum absolute atomic E-state index is 0.00129. The molecule has 92 heavy (non-hydrogen) atoms. The molecule has 6 aromatic rings. The van der Waals surface area contributed by atoms with Gasteiger partial charge in [0.25, 0.3) is 0 Å². The molecule has 0 heterocycles. The van der Waals surface area contributed by atoms with Crippen molar-refractivity contribution < 1.29 is 95.5 Å². The SMILES string of the molecule is COc1ccc(C(=O)C(=O)c2ccc(OCCC(=O)CCC(=O)CCC(=O)CCC(=O)CCOc3ccc(C(=O)C(=O)c4ccc(OCCC(=O)CCC(=O)CCC(=O)CCC(=O)CCOc5ccc(C(=O)C(=O)c6ccc(OC)cc6)cc5)cc4)cc3)cc2)cc1. The standard InChI is InChI=1S/C72H70O20/c1-87-61-27-3-47(4-28-61)67(81)69(83)49-7-31-63(32-8-49)89-43-39-57(77)23-19-53(73)15-17-55(75)21-25-59(79)41-45-91-65-35-11-51(12-36-65)71(85)72(86)52-13-37-66(38-14-52)92-46-42-60(80)26-22-56(76)18-16-54(74)20-24-58(78)40-44-90-64-33-9-50(10-34-64)70(84)68(82)48-5-29-62(88-2)30-6-48/h3-14,27-38H,15-26,39-46H2,1-2H3. The number of ketones is 14. The number of benzene rings is 6. The van der Waals surface area contributed by atoms with Gasteiger partial charge in [0, 0.05) is 136 Å². The Morgan fingerprint density at radius 3 is 0.467 bits per heavy atom. The monoisotopic (exact) mass is 1250 g/mol. The van der Waals surface area contributed by atoms with Crippen molar-refractivity contribution in [1.82, 2.24) is 0 Å². The number of methoxy groups -OCH3 is 2. The Hall–Kier alpha value is -10.5. The number of hydrogen-bond acceptors (Lipinski definition) is 20. The molecule has 0 aliphatic rings. The first kappa shape index (κ1) is 70.6. The van der Waals surface area contributed by atoms with Gasteiger partial charge in [0.15, 0.2) is 0 Å². The molecule has 0 bridgehead atoms. The Labute approximate surface area is 531 Å². The Balaban J connectivity index is 0.747. The van der Waals surface area contributed by atoms with Crippen molar-refractivity contribution in [3.63, 3.8) is 0 Å². The summed E-state index contributed by atoms with van der Waals surface area (Å²) >= 11 is 0. The molecule has 20 heteroatoms. The van der Waals surface area contributed by atoms with Gasteiger partial charge in [0.2, 0.25) is 34.7 Å². The number of Topliss-reactive ketones (excluding diaryl/α,β-unsaturated/α-hetero) is 14. The van der Waals surface area contributed by atoms with Gasteiger partial charge in [-0.3, -0.25) is 67.1 Å². The highest BCUT2D eigenvalue weighted by Gasteiger charge is 2.22. The maximum atomic E-state index is 13.0. The molecular formula is C72H70O20. The van der Waals surface area contributed by atoms with E-state index in [2.05, 4.69) is 0 Å². The predicted molar refractivity (Wildman–Crippen MR) is 334 cm³/mol. The van der Waals surface area contributed by atoms with E-state index in [4.69, 9.17) is 28.4 Å². The number of hydrogen-bond donors (Lipinski definition) is 0. The molecule has 0 aliphatic carbocycles. The summed E-state index contributed by atoms with van der Waals surface area (Å²) in [5, 5.41) is 0. The fraction of sp³-hybridized carbons (Fsp3) is 0.306. The second kappa shape index (κ2) is 36.9. The fourth-order valence-corrected chi connectivity index (χ4v) is 8.89.